The monoisotopic (exact) mass is 405 g/mol. The zero-order valence-electron chi connectivity index (χ0n) is 15.4. The SMILES string of the molecule is CN(CCOc1ccc(Cl)cc1)C(=O)c1ccccc1SCC1CCCO1. The number of ether oxygens (including phenoxy) is 2. The van der Waals surface area contributed by atoms with Crippen molar-refractivity contribution in [1.29, 1.82) is 0 Å². The highest BCUT2D eigenvalue weighted by Crippen LogP contribution is 2.27. The minimum Gasteiger partial charge on any atom is -0.492 e. The van der Waals surface area contributed by atoms with Crippen molar-refractivity contribution in [3.8, 4) is 5.75 Å². The van der Waals surface area contributed by atoms with Gasteiger partial charge in [-0.2, -0.15) is 0 Å². The molecule has 6 heteroatoms. The Morgan fingerprint density at radius 1 is 1.26 bits per heavy atom. The van der Waals surface area contributed by atoms with Crippen molar-refractivity contribution < 1.29 is 14.3 Å². The molecule has 1 aliphatic rings. The Morgan fingerprint density at radius 3 is 2.78 bits per heavy atom. The molecule has 2 aromatic rings. The number of hydrogen-bond donors (Lipinski definition) is 0. The maximum absolute atomic E-state index is 12.9. The van der Waals surface area contributed by atoms with Gasteiger partial charge in [0, 0.05) is 29.3 Å². The van der Waals surface area contributed by atoms with E-state index in [1.807, 2.05) is 36.4 Å². The van der Waals surface area contributed by atoms with E-state index in [-0.39, 0.29) is 5.91 Å². The molecular formula is C21H24ClNO3S. The molecule has 1 saturated heterocycles. The molecule has 1 fully saturated rings. The minimum atomic E-state index is 0.00477. The summed E-state index contributed by atoms with van der Waals surface area (Å²) in [6.07, 6.45) is 2.52. The average molecular weight is 406 g/mol. The second-order valence-electron chi connectivity index (χ2n) is 6.47. The summed E-state index contributed by atoms with van der Waals surface area (Å²) in [5.74, 6) is 1.63. The zero-order valence-corrected chi connectivity index (χ0v) is 17.0. The molecule has 0 bridgehead atoms. The van der Waals surface area contributed by atoms with Crippen molar-refractivity contribution in [1.82, 2.24) is 4.90 Å². The molecule has 27 heavy (non-hydrogen) atoms. The Labute approximate surface area is 169 Å². The zero-order chi connectivity index (χ0) is 19.1. The topological polar surface area (TPSA) is 38.8 Å². The Morgan fingerprint density at radius 2 is 2.04 bits per heavy atom. The van der Waals surface area contributed by atoms with Gasteiger partial charge in [-0.3, -0.25) is 4.79 Å². The van der Waals surface area contributed by atoms with Gasteiger partial charge in [0.2, 0.25) is 0 Å². The van der Waals surface area contributed by atoms with E-state index >= 15 is 0 Å². The summed E-state index contributed by atoms with van der Waals surface area (Å²) in [5.41, 5.74) is 0.731. The quantitative estimate of drug-likeness (QED) is 0.593. The van der Waals surface area contributed by atoms with E-state index in [1.54, 1.807) is 35.8 Å². The molecule has 0 N–H and O–H groups in total. The lowest BCUT2D eigenvalue weighted by molar-refractivity contribution is 0.0770. The third-order valence-corrected chi connectivity index (χ3v) is 5.88. The van der Waals surface area contributed by atoms with Crippen molar-refractivity contribution >= 4 is 29.3 Å². The van der Waals surface area contributed by atoms with E-state index in [4.69, 9.17) is 21.1 Å². The number of hydrogen-bond acceptors (Lipinski definition) is 4. The maximum atomic E-state index is 12.9. The predicted molar refractivity (Wildman–Crippen MR) is 110 cm³/mol. The van der Waals surface area contributed by atoms with E-state index in [9.17, 15) is 4.79 Å². The standard InChI is InChI=1S/C21H24ClNO3S/c1-23(12-14-26-17-10-8-16(22)9-11-17)21(24)19-6-2-3-7-20(19)27-15-18-5-4-13-25-18/h2-3,6-11,18H,4-5,12-15H2,1H3. The lowest BCUT2D eigenvalue weighted by atomic mass is 10.2. The fourth-order valence-corrected chi connectivity index (χ4v) is 4.11. The fraction of sp³-hybridized carbons (Fsp3) is 0.381. The van der Waals surface area contributed by atoms with E-state index in [0.717, 1.165) is 41.4 Å². The van der Waals surface area contributed by atoms with Crippen LogP contribution in [0.1, 0.15) is 23.2 Å². The van der Waals surface area contributed by atoms with Crippen LogP contribution in [0.4, 0.5) is 0 Å². The largest absolute Gasteiger partial charge is 0.492 e. The molecule has 0 aliphatic carbocycles. The van der Waals surface area contributed by atoms with Crippen LogP contribution in [0.2, 0.25) is 5.02 Å². The lowest BCUT2D eigenvalue weighted by Gasteiger charge is -2.19. The molecule has 1 atom stereocenters. The molecule has 0 radical (unpaired) electrons. The van der Waals surface area contributed by atoms with Crippen LogP contribution in [-0.2, 0) is 4.74 Å². The second-order valence-corrected chi connectivity index (χ2v) is 7.97. The Hall–Kier alpha value is -1.69. The molecule has 0 saturated carbocycles. The third-order valence-electron chi connectivity index (χ3n) is 4.42. The summed E-state index contributed by atoms with van der Waals surface area (Å²) in [5, 5.41) is 0.673. The smallest absolute Gasteiger partial charge is 0.254 e. The Bertz CT molecular complexity index is 747. The minimum absolute atomic E-state index is 0.00477. The van der Waals surface area contributed by atoms with Gasteiger partial charge in [-0.05, 0) is 49.2 Å². The highest BCUT2D eigenvalue weighted by molar-refractivity contribution is 7.99. The number of likely N-dealkylation sites (N-methyl/N-ethyl adjacent to an activating group) is 1. The number of benzene rings is 2. The van der Waals surface area contributed by atoms with Crippen LogP contribution in [0.5, 0.6) is 5.75 Å². The van der Waals surface area contributed by atoms with Gasteiger partial charge in [-0.1, -0.05) is 23.7 Å². The molecule has 144 valence electrons. The van der Waals surface area contributed by atoms with Crippen molar-refractivity contribution in [3.05, 3.63) is 59.1 Å². The molecule has 1 amide bonds. The summed E-state index contributed by atoms with van der Waals surface area (Å²) in [4.78, 5) is 15.6. The van der Waals surface area contributed by atoms with Crippen molar-refractivity contribution in [2.45, 2.75) is 23.8 Å². The van der Waals surface area contributed by atoms with E-state index in [1.165, 1.54) is 0 Å². The fourth-order valence-electron chi connectivity index (χ4n) is 2.87. The second kappa shape index (κ2) is 10.0. The van der Waals surface area contributed by atoms with Crippen molar-refractivity contribution in [2.75, 3.05) is 32.6 Å². The lowest BCUT2D eigenvalue weighted by Crippen LogP contribution is -2.31. The third kappa shape index (κ3) is 5.89. The summed E-state index contributed by atoms with van der Waals surface area (Å²) in [7, 11) is 1.80. The number of thioether (sulfide) groups is 1. The first-order valence-electron chi connectivity index (χ1n) is 9.11. The Kier molecular flexibility index (Phi) is 7.44. The van der Waals surface area contributed by atoms with Crippen LogP contribution in [-0.4, -0.2) is 49.5 Å². The van der Waals surface area contributed by atoms with Gasteiger partial charge in [-0.15, -0.1) is 11.8 Å². The van der Waals surface area contributed by atoms with Gasteiger partial charge < -0.3 is 14.4 Å². The van der Waals surface area contributed by atoms with E-state index in [0.29, 0.717) is 24.3 Å². The summed E-state index contributed by atoms with van der Waals surface area (Å²) in [6.45, 7) is 1.78. The normalized spacial score (nSPS) is 16.3. The van der Waals surface area contributed by atoms with Gasteiger partial charge in [0.25, 0.3) is 5.91 Å². The summed E-state index contributed by atoms with van der Waals surface area (Å²) in [6, 6.07) is 15.0. The summed E-state index contributed by atoms with van der Waals surface area (Å²) < 4.78 is 11.4. The molecule has 2 aromatic carbocycles. The van der Waals surface area contributed by atoms with E-state index < -0.39 is 0 Å². The molecule has 0 spiro atoms. The number of nitrogens with zero attached hydrogens (tertiary/aromatic N) is 1. The van der Waals surface area contributed by atoms with Crippen molar-refractivity contribution in [2.24, 2.45) is 0 Å². The van der Waals surface area contributed by atoms with Crippen LogP contribution in [0, 0.1) is 0 Å². The van der Waals surface area contributed by atoms with Gasteiger partial charge in [-0.25, -0.2) is 0 Å². The van der Waals surface area contributed by atoms with Gasteiger partial charge in [0.1, 0.15) is 12.4 Å². The molecule has 1 heterocycles. The molecule has 0 aromatic heterocycles. The van der Waals surface area contributed by atoms with E-state index in [2.05, 4.69) is 0 Å². The molecule has 1 aliphatic heterocycles. The van der Waals surface area contributed by atoms with Crippen LogP contribution < -0.4 is 4.74 Å². The summed E-state index contributed by atoms with van der Waals surface area (Å²) >= 11 is 7.57. The van der Waals surface area contributed by atoms with Gasteiger partial charge in [0.15, 0.2) is 0 Å². The first kappa shape index (κ1) is 20.1. The first-order valence-corrected chi connectivity index (χ1v) is 10.5. The molecule has 4 nitrogen and oxygen atoms in total. The number of carbonyl (C=O) groups is 1. The molecule has 1 unspecified atom stereocenters. The van der Waals surface area contributed by atoms with Crippen molar-refractivity contribution in [3.63, 3.8) is 0 Å². The van der Waals surface area contributed by atoms with Gasteiger partial charge in [0.05, 0.1) is 18.2 Å². The number of halogens is 1. The predicted octanol–water partition coefficient (Wildman–Crippen LogP) is 4.76. The number of carbonyl (C=O) groups excluding carboxylic acids is 1. The van der Waals surface area contributed by atoms with Crippen LogP contribution in [0.15, 0.2) is 53.4 Å². The van der Waals surface area contributed by atoms with Crippen LogP contribution >= 0.6 is 23.4 Å². The average Bonchev–Trinajstić information content (AvgIpc) is 3.21. The van der Waals surface area contributed by atoms with Crippen LogP contribution in [0.25, 0.3) is 0 Å². The maximum Gasteiger partial charge on any atom is 0.254 e. The number of amides is 1. The first-order chi connectivity index (χ1) is 13.1. The highest BCUT2D eigenvalue weighted by atomic mass is 35.5. The molecule has 3 rings (SSSR count). The highest BCUT2D eigenvalue weighted by Gasteiger charge is 2.19. The Balaban J connectivity index is 1.53. The number of rotatable bonds is 8. The van der Waals surface area contributed by atoms with Gasteiger partial charge >= 0.3 is 0 Å². The van der Waals surface area contributed by atoms with Crippen LogP contribution in [0.3, 0.4) is 0 Å². The molecular weight excluding hydrogens is 382 g/mol.